The summed E-state index contributed by atoms with van der Waals surface area (Å²) in [5.41, 5.74) is 4.63. The Hall–Kier alpha value is -2.70. The lowest BCUT2D eigenvalue weighted by Crippen LogP contribution is -2.31. The molecular formula is C25H28N4OS. The lowest BCUT2D eigenvalue weighted by atomic mass is 10.0. The van der Waals surface area contributed by atoms with Crippen molar-refractivity contribution in [1.29, 1.82) is 0 Å². The van der Waals surface area contributed by atoms with Gasteiger partial charge in [-0.05, 0) is 73.4 Å². The molecule has 5 nitrogen and oxygen atoms in total. The lowest BCUT2D eigenvalue weighted by Gasteiger charge is -2.29. The molecule has 2 aliphatic rings. The van der Waals surface area contributed by atoms with E-state index in [-0.39, 0.29) is 18.2 Å². The fraction of sp³-hybridized carbons (Fsp3) is 0.360. The molecule has 2 aliphatic heterocycles. The molecule has 31 heavy (non-hydrogen) atoms. The van der Waals surface area contributed by atoms with Gasteiger partial charge in [-0.1, -0.05) is 25.1 Å². The molecule has 0 aliphatic carbocycles. The summed E-state index contributed by atoms with van der Waals surface area (Å²) >= 11 is 5.85. The van der Waals surface area contributed by atoms with Crippen LogP contribution in [0.3, 0.4) is 0 Å². The van der Waals surface area contributed by atoms with Crippen molar-refractivity contribution in [3.05, 3.63) is 83.9 Å². The zero-order valence-electron chi connectivity index (χ0n) is 17.8. The average molecular weight is 433 g/mol. The normalized spacial score (nSPS) is 23.3. The van der Waals surface area contributed by atoms with Crippen LogP contribution in [0.25, 0.3) is 0 Å². The van der Waals surface area contributed by atoms with Gasteiger partial charge in [0.05, 0.1) is 17.8 Å². The Kier molecular flexibility index (Phi) is 5.74. The van der Waals surface area contributed by atoms with Crippen molar-refractivity contribution in [1.82, 2.24) is 14.9 Å². The summed E-state index contributed by atoms with van der Waals surface area (Å²) < 4.78 is 8.26. The number of nitrogens with zero attached hydrogens (tertiary/aromatic N) is 3. The Bertz CT molecular complexity index is 1030. The highest BCUT2D eigenvalue weighted by atomic mass is 32.1. The molecule has 2 aromatic heterocycles. The molecule has 0 spiro atoms. The van der Waals surface area contributed by atoms with Gasteiger partial charge >= 0.3 is 0 Å². The quantitative estimate of drug-likeness (QED) is 0.567. The van der Waals surface area contributed by atoms with E-state index < -0.39 is 0 Å². The number of hydrogen-bond donors (Lipinski definition) is 1. The van der Waals surface area contributed by atoms with Crippen molar-refractivity contribution < 1.29 is 4.74 Å². The second-order valence-corrected chi connectivity index (χ2v) is 8.62. The summed E-state index contributed by atoms with van der Waals surface area (Å²) in [6, 6.07) is 19.1. The maximum atomic E-state index is 5.93. The Balaban J connectivity index is 1.56. The van der Waals surface area contributed by atoms with E-state index in [1.165, 1.54) is 11.3 Å². The molecule has 2 fully saturated rings. The lowest BCUT2D eigenvalue weighted by molar-refractivity contribution is 0.0961. The maximum absolute atomic E-state index is 5.93. The molecule has 160 valence electrons. The number of nitrogens with one attached hydrogen (secondary N) is 1. The van der Waals surface area contributed by atoms with E-state index >= 15 is 0 Å². The molecule has 5 rings (SSSR count). The first kappa shape index (κ1) is 20.2. The van der Waals surface area contributed by atoms with E-state index in [1.54, 1.807) is 0 Å². The Morgan fingerprint density at radius 1 is 1.13 bits per heavy atom. The van der Waals surface area contributed by atoms with Crippen LogP contribution in [0.1, 0.15) is 48.8 Å². The largest absolute Gasteiger partial charge is 0.376 e. The minimum Gasteiger partial charge on any atom is -0.376 e. The molecule has 3 atom stereocenters. The Morgan fingerprint density at radius 3 is 2.71 bits per heavy atom. The number of hydrogen-bond acceptors (Lipinski definition) is 3. The number of ether oxygens (including phenoxy) is 1. The Morgan fingerprint density at radius 2 is 2.00 bits per heavy atom. The van der Waals surface area contributed by atoms with Crippen LogP contribution < -0.4 is 10.2 Å². The van der Waals surface area contributed by atoms with Crippen molar-refractivity contribution in [2.24, 2.45) is 0 Å². The highest BCUT2D eigenvalue weighted by Crippen LogP contribution is 2.41. The molecular weight excluding hydrogens is 404 g/mol. The van der Waals surface area contributed by atoms with Crippen LogP contribution >= 0.6 is 12.2 Å². The summed E-state index contributed by atoms with van der Waals surface area (Å²) in [7, 11) is 0. The first-order chi connectivity index (χ1) is 15.2. The summed E-state index contributed by atoms with van der Waals surface area (Å²) in [5, 5.41) is 4.29. The standard InChI is InChI=1S/C25H28N4OS/c1-2-18-10-12-19(13-11-18)29-24(23(27-25(29)31)21-8-3-4-14-26-21)22-9-5-15-28(22)17-20-7-6-16-30-20/h3-5,8-15,20,23-24H,2,6-7,16-17H2,1H3,(H,27,31)/t20-,23+,24+/m0/s1. The third-order valence-corrected chi connectivity index (χ3v) is 6.63. The zero-order chi connectivity index (χ0) is 21.2. The van der Waals surface area contributed by atoms with Crippen LogP contribution in [0.2, 0.25) is 0 Å². The molecule has 1 aromatic carbocycles. The van der Waals surface area contributed by atoms with Gasteiger partial charge in [-0.2, -0.15) is 0 Å². The summed E-state index contributed by atoms with van der Waals surface area (Å²) in [6.45, 7) is 3.90. The van der Waals surface area contributed by atoms with E-state index in [2.05, 4.69) is 75.4 Å². The number of thiocarbonyl (C=S) groups is 1. The van der Waals surface area contributed by atoms with Gasteiger partial charge in [0, 0.05) is 36.9 Å². The predicted octanol–water partition coefficient (Wildman–Crippen LogP) is 4.80. The smallest absolute Gasteiger partial charge is 0.174 e. The van der Waals surface area contributed by atoms with Gasteiger partial charge in [0.1, 0.15) is 6.04 Å². The topological polar surface area (TPSA) is 42.3 Å². The third-order valence-electron chi connectivity index (χ3n) is 6.31. The minimum absolute atomic E-state index is 0.00581. The number of pyridine rings is 1. The van der Waals surface area contributed by atoms with Gasteiger partial charge in [0.15, 0.2) is 5.11 Å². The van der Waals surface area contributed by atoms with Crippen LogP contribution in [0.4, 0.5) is 5.69 Å². The van der Waals surface area contributed by atoms with Crippen LogP contribution in [-0.4, -0.2) is 27.4 Å². The average Bonchev–Trinajstić information content (AvgIpc) is 3.55. The van der Waals surface area contributed by atoms with Crippen molar-refractivity contribution in [3.63, 3.8) is 0 Å². The highest BCUT2D eigenvalue weighted by Gasteiger charge is 2.42. The van der Waals surface area contributed by atoms with Crippen LogP contribution in [-0.2, 0) is 17.7 Å². The Labute approximate surface area is 189 Å². The first-order valence-corrected chi connectivity index (χ1v) is 11.5. The fourth-order valence-corrected chi connectivity index (χ4v) is 5.04. The molecule has 0 saturated carbocycles. The molecule has 6 heteroatoms. The molecule has 0 unspecified atom stereocenters. The van der Waals surface area contributed by atoms with Crippen LogP contribution in [0.15, 0.2) is 67.0 Å². The van der Waals surface area contributed by atoms with Crippen molar-refractivity contribution in [2.75, 3.05) is 11.5 Å². The number of benzene rings is 1. The second-order valence-electron chi connectivity index (χ2n) is 8.24. The number of aromatic nitrogens is 2. The van der Waals surface area contributed by atoms with E-state index in [0.717, 1.165) is 48.9 Å². The second kappa shape index (κ2) is 8.81. The van der Waals surface area contributed by atoms with Gasteiger partial charge < -0.3 is 19.5 Å². The molecule has 1 N–H and O–H groups in total. The van der Waals surface area contributed by atoms with Gasteiger partial charge in [-0.3, -0.25) is 4.98 Å². The summed E-state index contributed by atoms with van der Waals surface area (Å²) in [4.78, 5) is 6.91. The van der Waals surface area contributed by atoms with Gasteiger partial charge in [-0.25, -0.2) is 0 Å². The van der Waals surface area contributed by atoms with Crippen molar-refractivity contribution in [3.8, 4) is 0 Å². The van der Waals surface area contributed by atoms with E-state index in [4.69, 9.17) is 17.0 Å². The van der Waals surface area contributed by atoms with E-state index in [1.807, 2.05) is 18.3 Å². The van der Waals surface area contributed by atoms with Crippen molar-refractivity contribution in [2.45, 2.75) is 50.9 Å². The third kappa shape index (κ3) is 3.98. The number of anilines is 1. The molecule has 0 amide bonds. The number of rotatable bonds is 6. The zero-order valence-corrected chi connectivity index (χ0v) is 18.6. The fourth-order valence-electron chi connectivity index (χ4n) is 4.70. The highest BCUT2D eigenvalue weighted by molar-refractivity contribution is 7.80. The molecule has 0 bridgehead atoms. The molecule has 0 radical (unpaired) electrons. The summed E-state index contributed by atoms with van der Waals surface area (Å²) in [6.07, 6.45) is 7.56. The van der Waals surface area contributed by atoms with Crippen molar-refractivity contribution >= 4 is 23.0 Å². The maximum Gasteiger partial charge on any atom is 0.174 e. The molecule has 3 aromatic rings. The SMILES string of the molecule is CCc1ccc(N2C(=S)N[C@H](c3ccccn3)[C@H]2c2cccn2C[C@@H]2CCCO2)cc1. The monoisotopic (exact) mass is 432 g/mol. The predicted molar refractivity (Wildman–Crippen MR) is 127 cm³/mol. The summed E-state index contributed by atoms with van der Waals surface area (Å²) in [5.74, 6) is 0. The van der Waals surface area contributed by atoms with Crippen LogP contribution in [0, 0.1) is 0 Å². The molecule has 4 heterocycles. The van der Waals surface area contributed by atoms with Gasteiger partial charge in [-0.15, -0.1) is 0 Å². The first-order valence-electron chi connectivity index (χ1n) is 11.1. The van der Waals surface area contributed by atoms with E-state index in [9.17, 15) is 0 Å². The van der Waals surface area contributed by atoms with Gasteiger partial charge in [0.2, 0.25) is 0 Å². The van der Waals surface area contributed by atoms with Gasteiger partial charge in [0.25, 0.3) is 0 Å². The number of aryl methyl sites for hydroxylation is 1. The minimum atomic E-state index is -0.0299. The van der Waals surface area contributed by atoms with E-state index in [0.29, 0.717) is 0 Å². The molecule has 2 saturated heterocycles. The van der Waals surface area contributed by atoms with Crippen LogP contribution in [0.5, 0.6) is 0 Å².